The predicted octanol–water partition coefficient (Wildman–Crippen LogP) is 7.22. The maximum Gasteiger partial charge on any atom is 0.416 e. The third-order valence-electron chi connectivity index (χ3n) is 7.21. The second-order valence-electron chi connectivity index (χ2n) is 10.3. The highest BCUT2D eigenvalue weighted by atomic mass is 32.2. The second kappa shape index (κ2) is 15.3. The Labute approximate surface area is 293 Å². The molecule has 0 radical (unpaired) electrons. The molecule has 0 aliphatic heterocycles. The minimum absolute atomic E-state index is 0.153. The summed E-state index contributed by atoms with van der Waals surface area (Å²) in [5, 5.41) is -0.647. The van der Waals surface area contributed by atoms with Gasteiger partial charge in [0, 0.05) is 50.4 Å². The Hall–Kier alpha value is -3.96. The summed E-state index contributed by atoms with van der Waals surface area (Å²) in [5.41, 5.74) is -2.91. The van der Waals surface area contributed by atoms with Crippen molar-refractivity contribution < 1.29 is 38.8 Å². The molecule has 0 fully saturated rings. The van der Waals surface area contributed by atoms with Crippen LogP contribution in [-0.2, 0) is 42.5 Å². The van der Waals surface area contributed by atoms with Crippen molar-refractivity contribution >= 4 is 17.7 Å². The van der Waals surface area contributed by atoms with Crippen molar-refractivity contribution in [2.75, 3.05) is 26.1 Å². The first-order valence-corrected chi connectivity index (χ1v) is 15.3. The zero-order valence-electron chi connectivity index (χ0n) is 37.3. The lowest BCUT2D eigenvalue weighted by Gasteiger charge is -2.28. The molecule has 0 atom stereocenters. The van der Waals surface area contributed by atoms with Crippen molar-refractivity contribution in [3.63, 3.8) is 0 Å². The van der Waals surface area contributed by atoms with E-state index in [4.69, 9.17) is 13.7 Å². The van der Waals surface area contributed by atoms with E-state index in [9.17, 15) is 29.9 Å². The fourth-order valence-corrected chi connectivity index (χ4v) is 5.57. The quantitative estimate of drug-likeness (QED) is 0.0850. The largest absolute Gasteiger partial charge is 0.416 e. The molecule has 0 unspecified atom stereocenters. The normalized spacial score (nSPS) is 20.7. The summed E-state index contributed by atoms with van der Waals surface area (Å²) in [7, 11) is 0. The van der Waals surface area contributed by atoms with Crippen molar-refractivity contribution in [3.05, 3.63) is 117 Å². The molecular formula is C36H38F4N4O2S. The molecule has 1 aliphatic rings. The van der Waals surface area contributed by atoms with Gasteiger partial charge in [0.15, 0.2) is 5.16 Å². The molecule has 4 aromatic rings. The smallest absolute Gasteiger partial charge is 0.336 e. The van der Waals surface area contributed by atoms with Crippen molar-refractivity contribution in [1.82, 2.24) is 19.4 Å². The van der Waals surface area contributed by atoms with Gasteiger partial charge in [0.25, 0.3) is 5.56 Å². The lowest BCUT2D eigenvalue weighted by atomic mass is 10.0. The van der Waals surface area contributed by atoms with E-state index < -0.39 is 104 Å². The SMILES string of the molecule is [2H]C([2H])(C)N(CCN(Cc1ccc(-c2ccc(C(F)(F)F)cc2)cc1)C(=O)C([2H])([2H])n1c(SCc2ccc(F)cc2)nc(=O)c2c1C([2H])([2H])C([2H])([2H])C2([2H])[2H])C([2H])([2H])C. The zero-order valence-corrected chi connectivity index (χ0v) is 26.1. The number of carbonyl (C=O) groups is 1. The maximum atomic E-state index is 14.7. The van der Waals surface area contributed by atoms with Crippen LogP contribution >= 0.6 is 11.8 Å². The van der Waals surface area contributed by atoms with Crippen molar-refractivity contribution in [3.8, 4) is 11.1 Å². The third-order valence-corrected chi connectivity index (χ3v) is 8.22. The van der Waals surface area contributed by atoms with Gasteiger partial charge in [-0.3, -0.25) is 9.59 Å². The fourth-order valence-electron chi connectivity index (χ4n) is 4.66. The van der Waals surface area contributed by atoms with Crippen LogP contribution in [0, 0.1) is 5.82 Å². The summed E-state index contributed by atoms with van der Waals surface area (Å²) in [4.78, 5) is 33.7. The van der Waals surface area contributed by atoms with E-state index >= 15 is 0 Å². The molecule has 0 spiro atoms. The number of benzene rings is 3. The third kappa shape index (κ3) is 8.70. The fraction of sp³-hybridized carbons (Fsp3) is 0.361. The predicted molar refractivity (Wildman–Crippen MR) is 177 cm³/mol. The van der Waals surface area contributed by atoms with E-state index in [1.54, 1.807) is 0 Å². The molecule has 0 N–H and O–H groups in total. The Bertz CT molecular complexity index is 2230. The lowest BCUT2D eigenvalue weighted by Crippen LogP contribution is -2.40. The second-order valence-corrected chi connectivity index (χ2v) is 11.2. The van der Waals surface area contributed by atoms with Gasteiger partial charge in [0.05, 0.1) is 8.30 Å². The van der Waals surface area contributed by atoms with Crippen molar-refractivity contribution in [2.45, 2.75) is 63.1 Å². The molecule has 5 rings (SSSR count). The standard InChI is InChI=1S/C36H38F4N4O2S/c1-3-42(4-2)20-21-43(22-25-8-12-27(13-9-25)28-14-16-29(17-15-28)36(38,39)40)33(45)23-44-32-7-5-6-31(32)34(46)41-35(44)47-24-26-10-18-30(37)19-11-26/h8-19H,3-7,20-24H2,1-2H3/i3D2,4D2,5D2,6D2,7D2,23D2. The summed E-state index contributed by atoms with van der Waals surface area (Å²) < 4.78 is 156. The van der Waals surface area contributed by atoms with E-state index in [2.05, 4.69) is 4.98 Å². The Balaban J connectivity index is 1.63. The number of hydrogen-bond donors (Lipinski definition) is 0. The molecule has 248 valence electrons. The van der Waals surface area contributed by atoms with Crippen LogP contribution < -0.4 is 5.56 Å². The number of likely N-dealkylation sites (N-methyl/N-ethyl adjacent to an activating group) is 1. The molecule has 1 heterocycles. The van der Waals surface area contributed by atoms with Crippen LogP contribution in [0.2, 0.25) is 0 Å². The number of rotatable bonds is 13. The molecule has 0 saturated heterocycles. The number of amides is 1. The Kier molecular flexibility index (Phi) is 7.10. The zero-order chi connectivity index (χ0) is 44.3. The Morgan fingerprint density at radius 2 is 1.55 bits per heavy atom. The number of carbonyl (C=O) groups excluding carboxylic acids is 1. The molecule has 0 saturated carbocycles. The molecule has 1 aliphatic carbocycles. The van der Waals surface area contributed by atoms with Crippen LogP contribution in [-0.4, -0.2) is 51.3 Å². The molecule has 1 aromatic heterocycles. The summed E-state index contributed by atoms with van der Waals surface area (Å²) in [5.74, 6) is -2.21. The van der Waals surface area contributed by atoms with Gasteiger partial charge in [-0.1, -0.05) is 74.1 Å². The molecule has 3 aromatic carbocycles. The summed E-state index contributed by atoms with van der Waals surface area (Å²) in [6, 6.07) is 15.3. The van der Waals surface area contributed by atoms with E-state index in [0.717, 1.165) is 47.9 Å². The molecule has 6 nitrogen and oxygen atoms in total. The van der Waals surface area contributed by atoms with Gasteiger partial charge in [-0.25, -0.2) is 4.39 Å². The van der Waals surface area contributed by atoms with E-state index in [1.807, 2.05) is 0 Å². The van der Waals surface area contributed by atoms with Crippen LogP contribution in [0.5, 0.6) is 0 Å². The van der Waals surface area contributed by atoms with Gasteiger partial charge < -0.3 is 14.4 Å². The monoisotopic (exact) mass is 678 g/mol. The minimum atomic E-state index is -4.55. The Morgan fingerprint density at radius 3 is 2.17 bits per heavy atom. The van der Waals surface area contributed by atoms with E-state index in [1.165, 1.54) is 48.5 Å². The van der Waals surface area contributed by atoms with Gasteiger partial charge in [0.2, 0.25) is 5.91 Å². The van der Waals surface area contributed by atoms with Crippen LogP contribution in [0.25, 0.3) is 11.1 Å². The number of thioether (sulfide) groups is 1. The van der Waals surface area contributed by atoms with Gasteiger partial charge in [-0.15, -0.1) is 0 Å². The van der Waals surface area contributed by atoms with Gasteiger partial charge in [-0.2, -0.15) is 18.2 Å². The number of aromatic nitrogens is 2. The van der Waals surface area contributed by atoms with E-state index in [0.29, 0.717) is 38.6 Å². The van der Waals surface area contributed by atoms with Gasteiger partial charge in [0.1, 0.15) is 12.3 Å². The average molecular weight is 679 g/mol. The van der Waals surface area contributed by atoms with Gasteiger partial charge in [-0.05, 0) is 78.6 Å². The highest BCUT2D eigenvalue weighted by molar-refractivity contribution is 7.98. The lowest BCUT2D eigenvalue weighted by molar-refractivity contribution is -0.137. The molecule has 11 heteroatoms. The van der Waals surface area contributed by atoms with Crippen molar-refractivity contribution in [1.29, 1.82) is 0 Å². The average Bonchev–Trinajstić information content (AvgIpc) is 3.22. The van der Waals surface area contributed by atoms with Crippen molar-refractivity contribution in [2.24, 2.45) is 0 Å². The summed E-state index contributed by atoms with van der Waals surface area (Å²) in [6.07, 6.45) is -14.9. The van der Waals surface area contributed by atoms with Crippen LogP contribution in [0.4, 0.5) is 17.6 Å². The first-order valence-electron chi connectivity index (χ1n) is 20.3. The summed E-state index contributed by atoms with van der Waals surface area (Å²) in [6.45, 7) is -7.53. The van der Waals surface area contributed by atoms with Crippen LogP contribution in [0.1, 0.15) is 64.6 Å². The topological polar surface area (TPSA) is 58.4 Å². The number of nitrogens with zero attached hydrogens (tertiary/aromatic N) is 4. The van der Waals surface area contributed by atoms with Gasteiger partial charge >= 0.3 is 6.18 Å². The first kappa shape index (κ1) is 21.8. The highest BCUT2D eigenvalue weighted by Gasteiger charge is 2.30. The molecule has 47 heavy (non-hydrogen) atoms. The van der Waals surface area contributed by atoms with E-state index in [-0.39, 0.29) is 5.75 Å². The summed E-state index contributed by atoms with van der Waals surface area (Å²) >= 11 is 0.611. The first-order chi connectivity index (χ1) is 26.9. The maximum absolute atomic E-state index is 14.7. The van der Waals surface area contributed by atoms with Crippen LogP contribution in [0.3, 0.4) is 0 Å². The molecule has 1 amide bonds. The Morgan fingerprint density at radius 1 is 0.936 bits per heavy atom. The number of fused-ring (bicyclic) bond motifs is 1. The molecule has 0 bridgehead atoms. The highest BCUT2D eigenvalue weighted by Crippen LogP contribution is 2.31. The molecular weight excluding hydrogens is 628 g/mol. The number of halogens is 4. The number of alkyl halides is 3. The number of hydrogen-bond acceptors (Lipinski definition) is 5. The minimum Gasteiger partial charge on any atom is -0.336 e. The van der Waals surface area contributed by atoms with Crippen LogP contribution in [0.15, 0.2) is 82.7 Å².